The number of hydrogen-bond donors (Lipinski definition) is 1. The number of piperidine rings is 2. The van der Waals surface area contributed by atoms with Crippen molar-refractivity contribution in [3.05, 3.63) is 29.6 Å². The molecular formula is C22H32N4O. The van der Waals surface area contributed by atoms with Crippen LogP contribution in [0.25, 0.3) is 11.0 Å². The summed E-state index contributed by atoms with van der Waals surface area (Å²) in [7, 11) is 0. The summed E-state index contributed by atoms with van der Waals surface area (Å²) in [4.78, 5) is 24.9. The first-order chi connectivity index (χ1) is 13.0. The summed E-state index contributed by atoms with van der Waals surface area (Å²) in [6.07, 6.45) is 5.43. The topological polar surface area (TPSA) is 52.2 Å². The lowest BCUT2D eigenvalue weighted by molar-refractivity contribution is -0.130. The van der Waals surface area contributed by atoms with E-state index < -0.39 is 0 Å². The number of carbonyl (C=O) groups is 1. The molecule has 0 bridgehead atoms. The predicted octanol–water partition coefficient (Wildman–Crippen LogP) is 3.77. The van der Waals surface area contributed by atoms with Gasteiger partial charge in [-0.1, -0.05) is 13.8 Å². The number of amides is 1. The molecule has 2 fully saturated rings. The second-order valence-electron chi connectivity index (χ2n) is 8.86. The van der Waals surface area contributed by atoms with Gasteiger partial charge in [-0.3, -0.25) is 14.7 Å². The van der Waals surface area contributed by atoms with Gasteiger partial charge in [0.25, 0.3) is 0 Å². The maximum Gasteiger partial charge on any atom is 0.219 e. The van der Waals surface area contributed by atoms with E-state index in [0.29, 0.717) is 5.92 Å². The van der Waals surface area contributed by atoms with Crippen LogP contribution in [-0.2, 0) is 11.3 Å². The molecule has 2 saturated heterocycles. The summed E-state index contributed by atoms with van der Waals surface area (Å²) in [5.41, 5.74) is 4.89. The number of pyridine rings is 1. The number of nitrogens with zero attached hydrogens (tertiary/aromatic N) is 3. The fraction of sp³-hybridized carbons (Fsp3) is 0.636. The lowest BCUT2D eigenvalue weighted by atomic mass is 9.90. The van der Waals surface area contributed by atoms with E-state index in [0.717, 1.165) is 68.4 Å². The van der Waals surface area contributed by atoms with Crippen LogP contribution in [0.4, 0.5) is 0 Å². The molecule has 27 heavy (non-hydrogen) atoms. The summed E-state index contributed by atoms with van der Waals surface area (Å²) in [6, 6.07) is 4.13. The van der Waals surface area contributed by atoms with Crippen LogP contribution in [0.2, 0.25) is 0 Å². The van der Waals surface area contributed by atoms with Gasteiger partial charge in [-0.2, -0.15) is 0 Å². The van der Waals surface area contributed by atoms with Gasteiger partial charge in [0, 0.05) is 63.0 Å². The van der Waals surface area contributed by atoms with Crippen molar-refractivity contribution in [2.75, 3.05) is 26.2 Å². The zero-order valence-corrected chi connectivity index (χ0v) is 16.9. The molecule has 5 nitrogen and oxygen atoms in total. The van der Waals surface area contributed by atoms with Gasteiger partial charge >= 0.3 is 0 Å². The smallest absolute Gasteiger partial charge is 0.219 e. The normalized spacial score (nSPS) is 27.2. The number of H-pyrrole nitrogens is 1. The van der Waals surface area contributed by atoms with Crippen molar-refractivity contribution in [1.29, 1.82) is 0 Å². The zero-order chi connectivity index (χ0) is 19.0. The largest absolute Gasteiger partial charge is 0.357 e. The van der Waals surface area contributed by atoms with Gasteiger partial charge in [-0.05, 0) is 43.2 Å². The molecule has 0 aliphatic carbocycles. The number of likely N-dealkylation sites (tertiary alicyclic amines) is 2. The van der Waals surface area contributed by atoms with Gasteiger partial charge in [0.15, 0.2) is 0 Å². The van der Waals surface area contributed by atoms with Crippen LogP contribution in [0.15, 0.2) is 18.3 Å². The Hall–Kier alpha value is -1.88. The molecule has 2 aromatic heterocycles. The van der Waals surface area contributed by atoms with Crippen LogP contribution in [0.1, 0.15) is 57.2 Å². The van der Waals surface area contributed by atoms with Crippen molar-refractivity contribution < 1.29 is 4.79 Å². The molecule has 2 aliphatic heterocycles. The first-order valence-corrected chi connectivity index (χ1v) is 10.4. The molecule has 0 radical (unpaired) electrons. The van der Waals surface area contributed by atoms with Crippen molar-refractivity contribution in [2.45, 2.75) is 52.5 Å². The minimum Gasteiger partial charge on any atom is -0.357 e. The third kappa shape index (κ3) is 3.88. The maximum atomic E-state index is 11.9. The number of fused-ring (bicyclic) bond motifs is 1. The monoisotopic (exact) mass is 368 g/mol. The molecular weight excluding hydrogens is 336 g/mol. The molecule has 2 aromatic rings. The Morgan fingerprint density at radius 2 is 2.04 bits per heavy atom. The summed E-state index contributed by atoms with van der Waals surface area (Å²) < 4.78 is 0. The quantitative estimate of drug-likeness (QED) is 0.897. The molecule has 0 spiro atoms. The Balaban J connectivity index is 1.66. The Morgan fingerprint density at radius 3 is 2.78 bits per heavy atom. The van der Waals surface area contributed by atoms with Crippen molar-refractivity contribution >= 4 is 16.9 Å². The minimum absolute atomic E-state index is 0.189. The summed E-state index contributed by atoms with van der Waals surface area (Å²) in [6.45, 7) is 11.4. The van der Waals surface area contributed by atoms with Gasteiger partial charge in [-0.15, -0.1) is 0 Å². The van der Waals surface area contributed by atoms with E-state index >= 15 is 0 Å². The average molecular weight is 369 g/mol. The highest BCUT2D eigenvalue weighted by Gasteiger charge is 2.29. The molecule has 5 heteroatoms. The number of aromatic amines is 1. The molecule has 1 N–H and O–H groups in total. The molecule has 0 unspecified atom stereocenters. The fourth-order valence-electron chi connectivity index (χ4n) is 5.25. The van der Waals surface area contributed by atoms with Gasteiger partial charge in [-0.25, -0.2) is 0 Å². The Bertz CT molecular complexity index is 804. The van der Waals surface area contributed by atoms with Gasteiger partial charge < -0.3 is 9.88 Å². The highest BCUT2D eigenvalue weighted by molar-refractivity contribution is 5.80. The van der Waals surface area contributed by atoms with E-state index in [2.05, 4.69) is 29.8 Å². The molecule has 4 rings (SSSR count). The van der Waals surface area contributed by atoms with E-state index in [1.807, 2.05) is 17.2 Å². The molecule has 2 aliphatic rings. The van der Waals surface area contributed by atoms with Crippen LogP contribution in [0.5, 0.6) is 0 Å². The number of nitrogens with one attached hydrogen (secondary N) is 1. The van der Waals surface area contributed by atoms with Gasteiger partial charge in [0.2, 0.25) is 5.91 Å². The van der Waals surface area contributed by atoms with Crippen LogP contribution < -0.4 is 0 Å². The van der Waals surface area contributed by atoms with Gasteiger partial charge in [0.05, 0.1) is 11.0 Å². The Labute approximate surface area is 162 Å². The number of carbonyl (C=O) groups excluding carboxylic acids is 1. The lowest BCUT2D eigenvalue weighted by Crippen LogP contribution is -2.39. The maximum absolute atomic E-state index is 11.9. The molecule has 4 heterocycles. The average Bonchev–Trinajstić information content (AvgIpc) is 3.00. The van der Waals surface area contributed by atoms with E-state index in [1.165, 1.54) is 17.7 Å². The number of aromatic nitrogens is 2. The fourth-order valence-corrected chi connectivity index (χ4v) is 5.25. The van der Waals surface area contributed by atoms with Crippen molar-refractivity contribution in [3.8, 4) is 0 Å². The third-order valence-corrected chi connectivity index (χ3v) is 6.29. The van der Waals surface area contributed by atoms with Gasteiger partial charge in [0.1, 0.15) is 0 Å². The second-order valence-corrected chi connectivity index (χ2v) is 8.86. The first-order valence-electron chi connectivity index (χ1n) is 10.4. The minimum atomic E-state index is 0.189. The van der Waals surface area contributed by atoms with Crippen LogP contribution in [0.3, 0.4) is 0 Å². The molecule has 0 saturated carbocycles. The van der Waals surface area contributed by atoms with Crippen LogP contribution >= 0.6 is 0 Å². The standard InChI is InChI=1S/C22H32N4O/c1-15-10-16(2)12-25(11-15)14-19-21(24-20-7-4-8-23-22(19)20)18-6-5-9-26(13-18)17(3)27/h4,7-8,15-16,18,24H,5-6,9-14H2,1-3H3/t15-,16-,18+/m1/s1. The predicted molar refractivity (Wildman–Crippen MR) is 109 cm³/mol. The summed E-state index contributed by atoms with van der Waals surface area (Å²) in [5, 5.41) is 0. The second kappa shape index (κ2) is 7.63. The molecule has 3 atom stereocenters. The summed E-state index contributed by atoms with van der Waals surface area (Å²) >= 11 is 0. The highest BCUT2D eigenvalue weighted by Crippen LogP contribution is 2.34. The molecule has 146 valence electrons. The third-order valence-electron chi connectivity index (χ3n) is 6.29. The van der Waals surface area contributed by atoms with Crippen LogP contribution in [-0.4, -0.2) is 51.9 Å². The zero-order valence-electron chi connectivity index (χ0n) is 16.9. The van der Waals surface area contributed by atoms with E-state index in [9.17, 15) is 4.79 Å². The van der Waals surface area contributed by atoms with Crippen molar-refractivity contribution in [1.82, 2.24) is 19.8 Å². The number of rotatable bonds is 3. The first kappa shape index (κ1) is 18.5. The van der Waals surface area contributed by atoms with Crippen molar-refractivity contribution in [2.24, 2.45) is 11.8 Å². The highest BCUT2D eigenvalue weighted by atomic mass is 16.2. The lowest BCUT2D eigenvalue weighted by Gasteiger charge is -2.36. The summed E-state index contributed by atoms with van der Waals surface area (Å²) in [5.74, 6) is 2.07. The molecule has 1 amide bonds. The SMILES string of the molecule is CC(=O)N1CCC[C@H](c2[nH]c3cccnc3c2CN2C[C@H](C)C[C@@H](C)C2)C1. The van der Waals surface area contributed by atoms with E-state index in [4.69, 9.17) is 4.98 Å². The number of hydrogen-bond acceptors (Lipinski definition) is 3. The van der Waals surface area contributed by atoms with Crippen LogP contribution in [0, 0.1) is 11.8 Å². The van der Waals surface area contributed by atoms with E-state index in [1.54, 1.807) is 6.92 Å². The Kier molecular flexibility index (Phi) is 5.22. The molecule has 0 aromatic carbocycles. The van der Waals surface area contributed by atoms with Crippen molar-refractivity contribution in [3.63, 3.8) is 0 Å². The Morgan fingerprint density at radius 1 is 1.26 bits per heavy atom. The van der Waals surface area contributed by atoms with E-state index in [-0.39, 0.29) is 5.91 Å².